The number of hydrogen-bond donors (Lipinski definition) is 2. The highest BCUT2D eigenvalue weighted by Crippen LogP contribution is 2.19. The van der Waals surface area contributed by atoms with Crippen LogP contribution in [0.5, 0.6) is 0 Å². The number of amides is 1. The fourth-order valence-corrected chi connectivity index (χ4v) is 1.67. The van der Waals surface area contributed by atoms with E-state index >= 15 is 0 Å². The van der Waals surface area contributed by atoms with Gasteiger partial charge in [0.2, 0.25) is 0 Å². The summed E-state index contributed by atoms with van der Waals surface area (Å²) in [5.74, 6) is -0.563. The maximum Gasteiger partial charge on any atom is 0.269 e. The third-order valence-corrected chi connectivity index (χ3v) is 2.37. The van der Waals surface area contributed by atoms with Crippen molar-refractivity contribution >= 4 is 16.8 Å². The van der Waals surface area contributed by atoms with Gasteiger partial charge in [-0.05, 0) is 30.7 Å². The molecule has 3 N–H and O–H groups in total. The standard InChI is InChI=1S/C11H12N3O2/c1-7-2-3-9-8(6-7)10(11(12)16)13-14(9)4-5-15/h3,6,15H,4-5H2,1H3,(H2,12,16). The Bertz CT molecular complexity index is 545. The average molecular weight is 218 g/mol. The molecule has 0 saturated heterocycles. The number of nitrogens with zero attached hydrogens (tertiary/aromatic N) is 2. The first-order valence-electron chi connectivity index (χ1n) is 4.93. The predicted octanol–water partition coefficient (Wildman–Crippen LogP) is 0.236. The molecule has 83 valence electrons. The van der Waals surface area contributed by atoms with Crippen molar-refractivity contribution < 1.29 is 9.90 Å². The van der Waals surface area contributed by atoms with Gasteiger partial charge >= 0.3 is 0 Å². The Labute approximate surface area is 92.5 Å². The topological polar surface area (TPSA) is 81.1 Å². The molecular weight excluding hydrogens is 206 g/mol. The minimum absolute atomic E-state index is 0.0388. The van der Waals surface area contributed by atoms with Crippen LogP contribution in [0.3, 0.4) is 0 Å². The van der Waals surface area contributed by atoms with Crippen LogP contribution in [0.15, 0.2) is 12.1 Å². The van der Waals surface area contributed by atoms with E-state index in [1.807, 2.05) is 13.0 Å². The molecule has 2 rings (SSSR count). The van der Waals surface area contributed by atoms with Crippen LogP contribution in [-0.2, 0) is 6.54 Å². The fraction of sp³-hybridized carbons (Fsp3) is 0.273. The van der Waals surface area contributed by atoms with Crippen LogP contribution in [-0.4, -0.2) is 27.4 Å². The van der Waals surface area contributed by atoms with Crippen molar-refractivity contribution in [2.24, 2.45) is 5.73 Å². The largest absolute Gasteiger partial charge is 0.394 e. The van der Waals surface area contributed by atoms with Gasteiger partial charge in [-0.15, -0.1) is 0 Å². The predicted molar refractivity (Wildman–Crippen MR) is 58.9 cm³/mol. The molecule has 0 bridgehead atoms. The van der Waals surface area contributed by atoms with Gasteiger partial charge < -0.3 is 10.8 Å². The Morgan fingerprint density at radius 2 is 2.44 bits per heavy atom. The number of benzene rings is 1. The molecule has 1 aromatic heterocycles. The molecule has 5 nitrogen and oxygen atoms in total. The number of aromatic nitrogens is 2. The average Bonchev–Trinajstić information content (AvgIpc) is 2.57. The zero-order chi connectivity index (χ0) is 11.7. The van der Waals surface area contributed by atoms with Gasteiger partial charge in [-0.2, -0.15) is 5.10 Å². The van der Waals surface area contributed by atoms with E-state index in [0.717, 1.165) is 11.1 Å². The zero-order valence-corrected chi connectivity index (χ0v) is 8.90. The summed E-state index contributed by atoms with van der Waals surface area (Å²) in [5.41, 5.74) is 7.16. The number of aryl methyl sites for hydroxylation is 1. The van der Waals surface area contributed by atoms with E-state index in [1.54, 1.807) is 10.7 Å². The van der Waals surface area contributed by atoms with Crippen molar-refractivity contribution in [1.29, 1.82) is 0 Å². The lowest BCUT2D eigenvalue weighted by Gasteiger charge is -1.99. The third kappa shape index (κ3) is 1.65. The molecule has 5 heteroatoms. The SMILES string of the molecule is Cc1[c]cc2c(c1)c(C(N)=O)nn2CCO. The summed E-state index contributed by atoms with van der Waals surface area (Å²) >= 11 is 0. The molecule has 0 aliphatic carbocycles. The van der Waals surface area contributed by atoms with Gasteiger partial charge in [0.05, 0.1) is 18.7 Å². The second-order valence-electron chi connectivity index (χ2n) is 3.57. The number of hydrogen-bond acceptors (Lipinski definition) is 3. The van der Waals surface area contributed by atoms with Gasteiger partial charge in [-0.1, -0.05) is 0 Å². The normalized spacial score (nSPS) is 10.9. The Hall–Kier alpha value is -1.88. The van der Waals surface area contributed by atoms with E-state index in [0.29, 0.717) is 11.9 Å². The Morgan fingerprint density at radius 3 is 3.06 bits per heavy atom. The molecular formula is C11H12N3O2. The molecule has 1 radical (unpaired) electrons. The Morgan fingerprint density at radius 1 is 1.69 bits per heavy atom. The first-order valence-corrected chi connectivity index (χ1v) is 4.93. The quantitative estimate of drug-likeness (QED) is 0.774. The number of rotatable bonds is 3. The monoisotopic (exact) mass is 218 g/mol. The molecule has 2 aromatic rings. The highest BCUT2D eigenvalue weighted by Gasteiger charge is 2.14. The van der Waals surface area contributed by atoms with E-state index < -0.39 is 5.91 Å². The molecule has 0 aliphatic heterocycles. The minimum Gasteiger partial charge on any atom is -0.394 e. The van der Waals surface area contributed by atoms with Gasteiger partial charge in [0, 0.05) is 5.39 Å². The smallest absolute Gasteiger partial charge is 0.269 e. The van der Waals surface area contributed by atoms with Gasteiger partial charge in [-0.3, -0.25) is 9.48 Å². The summed E-state index contributed by atoms with van der Waals surface area (Å²) in [6, 6.07) is 6.60. The summed E-state index contributed by atoms with van der Waals surface area (Å²) in [5, 5.41) is 13.7. The number of fused-ring (bicyclic) bond motifs is 1. The zero-order valence-electron chi connectivity index (χ0n) is 8.90. The van der Waals surface area contributed by atoms with Crippen LogP contribution >= 0.6 is 0 Å². The molecule has 0 aliphatic rings. The van der Waals surface area contributed by atoms with E-state index in [9.17, 15) is 4.79 Å². The molecule has 1 aromatic carbocycles. The van der Waals surface area contributed by atoms with E-state index in [2.05, 4.69) is 11.2 Å². The third-order valence-electron chi connectivity index (χ3n) is 2.37. The molecule has 0 unspecified atom stereocenters. The summed E-state index contributed by atoms with van der Waals surface area (Å²) in [6.07, 6.45) is 0. The van der Waals surface area contributed by atoms with Gasteiger partial charge in [-0.25, -0.2) is 0 Å². The van der Waals surface area contributed by atoms with Crippen LogP contribution in [0, 0.1) is 13.0 Å². The van der Waals surface area contributed by atoms with Gasteiger partial charge in [0.1, 0.15) is 0 Å². The first-order chi connectivity index (χ1) is 7.63. The number of carbonyl (C=O) groups excluding carboxylic acids is 1. The number of primary amides is 1. The summed E-state index contributed by atoms with van der Waals surface area (Å²) in [7, 11) is 0. The van der Waals surface area contributed by atoms with Crippen LogP contribution < -0.4 is 5.73 Å². The van der Waals surface area contributed by atoms with Crippen LogP contribution in [0.1, 0.15) is 16.1 Å². The van der Waals surface area contributed by atoms with Crippen LogP contribution in [0.2, 0.25) is 0 Å². The van der Waals surface area contributed by atoms with Crippen molar-refractivity contribution in [2.75, 3.05) is 6.61 Å². The van der Waals surface area contributed by atoms with Crippen LogP contribution in [0.25, 0.3) is 10.9 Å². The second-order valence-corrected chi connectivity index (χ2v) is 3.57. The highest BCUT2D eigenvalue weighted by atomic mass is 16.3. The number of aliphatic hydroxyl groups is 1. The van der Waals surface area contributed by atoms with Crippen molar-refractivity contribution in [1.82, 2.24) is 9.78 Å². The lowest BCUT2D eigenvalue weighted by molar-refractivity contribution is 0.0996. The Kier molecular flexibility index (Phi) is 2.62. The molecule has 0 fully saturated rings. The lowest BCUT2D eigenvalue weighted by atomic mass is 10.1. The Balaban J connectivity index is 2.71. The van der Waals surface area contributed by atoms with Crippen LogP contribution in [0.4, 0.5) is 0 Å². The van der Waals surface area contributed by atoms with E-state index in [-0.39, 0.29) is 12.3 Å². The molecule has 1 amide bonds. The van der Waals surface area contributed by atoms with Gasteiger partial charge in [0.25, 0.3) is 5.91 Å². The maximum atomic E-state index is 11.2. The maximum absolute atomic E-state index is 11.2. The minimum atomic E-state index is -0.563. The van der Waals surface area contributed by atoms with Gasteiger partial charge in [0.15, 0.2) is 5.69 Å². The van der Waals surface area contributed by atoms with E-state index in [1.165, 1.54) is 0 Å². The van der Waals surface area contributed by atoms with Crippen molar-refractivity contribution in [3.8, 4) is 0 Å². The molecule has 0 atom stereocenters. The first kappa shape index (κ1) is 10.6. The van der Waals surface area contributed by atoms with E-state index in [4.69, 9.17) is 10.8 Å². The number of aliphatic hydroxyl groups excluding tert-OH is 1. The number of nitrogens with two attached hydrogens (primary N) is 1. The molecule has 0 spiro atoms. The lowest BCUT2D eigenvalue weighted by Crippen LogP contribution is -2.13. The summed E-state index contributed by atoms with van der Waals surface area (Å²) in [6.45, 7) is 2.18. The molecule has 16 heavy (non-hydrogen) atoms. The van der Waals surface area contributed by atoms with Crippen molar-refractivity contribution in [3.63, 3.8) is 0 Å². The second kappa shape index (κ2) is 3.94. The summed E-state index contributed by atoms with van der Waals surface area (Å²) in [4.78, 5) is 11.2. The highest BCUT2D eigenvalue weighted by molar-refractivity contribution is 6.04. The molecule has 1 heterocycles. The molecule has 0 saturated carbocycles. The number of carbonyl (C=O) groups is 1. The fourth-order valence-electron chi connectivity index (χ4n) is 1.67. The summed E-state index contributed by atoms with van der Waals surface area (Å²) < 4.78 is 1.56. The van der Waals surface area contributed by atoms with Crippen molar-refractivity contribution in [3.05, 3.63) is 29.5 Å². The van der Waals surface area contributed by atoms with Crippen molar-refractivity contribution in [2.45, 2.75) is 13.5 Å².